The molecular formula is C67H125NO5. The second-order valence-corrected chi connectivity index (χ2v) is 22.1. The van der Waals surface area contributed by atoms with Gasteiger partial charge in [0.1, 0.15) is 0 Å². The van der Waals surface area contributed by atoms with Crippen LogP contribution in [0.3, 0.4) is 0 Å². The minimum absolute atomic E-state index is 0.00705. The molecule has 0 aliphatic heterocycles. The van der Waals surface area contributed by atoms with Crippen LogP contribution in [0.15, 0.2) is 48.6 Å². The third kappa shape index (κ3) is 58.9. The molecule has 0 rings (SSSR count). The van der Waals surface area contributed by atoms with Crippen LogP contribution in [-0.4, -0.2) is 47.4 Å². The number of esters is 1. The SMILES string of the molecule is CCCCC/C=C\C/C=C\CCCCCCCCCCCC(=O)OCCCCCCCCCCCCCC/C=C\CCCCCCCCCC(=O)NC(CO)C(O)/C=C/CCCCCCCCCCCCCC. The van der Waals surface area contributed by atoms with Gasteiger partial charge in [-0.2, -0.15) is 0 Å². The Balaban J connectivity index is 3.41. The fourth-order valence-electron chi connectivity index (χ4n) is 9.84. The third-order valence-electron chi connectivity index (χ3n) is 14.8. The summed E-state index contributed by atoms with van der Waals surface area (Å²) in [5.74, 6) is -0.0668. The summed E-state index contributed by atoms with van der Waals surface area (Å²) in [6.45, 7) is 4.88. The number of aliphatic hydroxyl groups excluding tert-OH is 2. The van der Waals surface area contributed by atoms with Gasteiger partial charge in [-0.3, -0.25) is 9.59 Å². The monoisotopic (exact) mass is 1020 g/mol. The topological polar surface area (TPSA) is 95.9 Å². The zero-order valence-electron chi connectivity index (χ0n) is 48.9. The van der Waals surface area contributed by atoms with Gasteiger partial charge >= 0.3 is 5.97 Å². The van der Waals surface area contributed by atoms with Crippen LogP contribution in [0.2, 0.25) is 0 Å². The molecule has 428 valence electrons. The lowest BCUT2D eigenvalue weighted by Gasteiger charge is -2.20. The van der Waals surface area contributed by atoms with E-state index in [4.69, 9.17) is 4.74 Å². The van der Waals surface area contributed by atoms with E-state index in [1.54, 1.807) is 6.08 Å². The van der Waals surface area contributed by atoms with Crippen molar-refractivity contribution in [2.75, 3.05) is 13.2 Å². The summed E-state index contributed by atoms with van der Waals surface area (Å²) in [4.78, 5) is 24.6. The van der Waals surface area contributed by atoms with Crippen molar-refractivity contribution in [3.8, 4) is 0 Å². The smallest absolute Gasteiger partial charge is 0.305 e. The molecule has 0 radical (unpaired) electrons. The maximum Gasteiger partial charge on any atom is 0.305 e. The van der Waals surface area contributed by atoms with Gasteiger partial charge in [-0.1, -0.05) is 287 Å². The average molecular weight is 1020 g/mol. The van der Waals surface area contributed by atoms with Crippen LogP contribution in [0.1, 0.15) is 341 Å². The first-order valence-electron chi connectivity index (χ1n) is 32.4. The van der Waals surface area contributed by atoms with Gasteiger partial charge in [0, 0.05) is 12.8 Å². The van der Waals surface area contributed by atoms with E-state index in [0.29, 0.717) is 19.4 Å². The fraction of sp³-hybridized carbons (Fsp3) is 0.851. The van der Waals surface area contributed by atoms with Crippen LogP contribution in [0.4, 0.5) is 0 Å². The number of carbonyl (C=O) groups is 2. The standard InChI is InChI=1S/C67H125NO5/c1-3-5-7-9-11-13-15-17-19-20-26-30-33-37-41-45-49-53-57-61-67(72)73-62-58-54-50-46-42-38-34-31-28-25-23-21-22-24-27-29-32-36-40-44-48-52-56-60-66(71)68-64(63-69)65(70)59-55-51-47-43-39-35-18-16-14-12-10-8-6-4-2/h11,13,17,19,24,27,55,59,64-65,69-70H,3-10,12,14-16,18,20-23,25-26,28-54,56-58,60-63H2,1-2H3,(H,68,71)/b13-11-,19-17-,27-24-,59-55+. The predicted molar refractivity (Wildman–Crippen MR) is 319 cm³/mol. The van der Waals surface area contributed by atoms with Crippen LogP contribution < -0.4 is 5.32 Å². The van der Waals surface area contributed by atoms with E-state index in [0.717, 1.165) is 57.8 Å². The van der Waals surface area contributed by atoms with Crippen LogP contribution in [0, 0.1) is 0 Å². The van der Waals surface area contributed by atoms with Crippen molar-refractivity contribution in [1.29, 1.82) is 0 Å². The van der Waals surface area contributed by atoms with Crippen molar-refractivity contribution in [2.45, 2.75) is 353 Å². The lowest BCUT2D eigenvalue weighted by molar-refractivity contribution is -0.143. The van der Waals surface area contributed by atoms with Gasteiger partial charge in [-0.15, -0.1) is 0 Å². The number of rotatable bonds is 60. The molecule has 6 heteroatoms. The summed E-state index contributed by atoms with van der Waals surface area (Å²) in [7, 11) is 0. The van der Waals surface area contributed by atoms with Crippen LogP contribution in [0.25, 0.3) is 0 Å². The number of unbranched alkanes of at least 4 members (excludes halogenated alkanes) is 43. The van der Waals surface area contributed by atoms with Gasteiger partial charge < -0.3 is 20.3 Å². The molecule has 6 nitrogen and oxygen atoms in total. The normalized spacial score (nSPS) is 12.9. The average Bonchev–Trinajstić information content (AvgIpc) is 3.39. The number of carbonyl (C=O) groups excluding carboxylic acids is 2. The lowest BCUT2D eigenvalue weighted by atomic mass is 10.0. The Morgan fingerprint density at radius 1 is 0.384 bits per heavy atom. The molecule has 3 N–H and O–H groups in total. The zero-order chi connectivity index (χ0) is 52.9. The maximum atomic E-state index is 12.5. The molecule has 0 fully saturated rings. The minimum atomic E-state index is -0.848. The zero-order valence-corrected chi connectivity index (χ0v) is 48.9. The van der Waals surface area contributed by atoms with Crippen molar-refractivity contribution in [1.82, 2.24) is 5.32 Å². The number of allylic oxidation sites excluding steroid dienone is 7. The van der Waals surface area contributed by atoms with Gasteiger partial charge in [0.2, 0.25) is 5.91 Å². The molecule has 0 aromatic rings. The molecule has 0 spiro atoms. The Hall–Kier alpha value is -2.18. The van der Waals surface area contributed by atoms with Gasteiger partial charge in [0.05, 0.1) is 25.4 Å². The van der Waals surface area contributed by atoms with E-state index in [1.807, 2.05) is 6.08 Å². The fourth-order valence-corrected chi connectivity index (χ4v) is 9.84. The highest BCUT2D eigenvalue weighted by Gasteiger charge is 2.18. The Morgan fingerprint density at radius 3 is 1.08 bits per heavy atom. The summed E-state index contributed by atoms with van der Waals surface area (Å²) in [5.41, 5.74) is 0. The third-order valence-corrected chi connectivity index (χ3v) is 14.8. The van der Waals surface area contributed by atoms with E-state index in [1.165, 1.54) is 257 Å². The summed E-state index contributed by atoms with van der Waals surface area (Å²) >= 11 is 0. The maximum absolute atomic E-state index is 12.5. The van der Waals surface area contributed by atoms with E-state index >= 15 is 0 Å². The van der Waals surface area contributed by atoms with E-state index in [-0.39, 0.29) is 18.5 Å². The lowest BCUT2D eigenvalue weighted by Crippen LogP contribution is -2.45. The summed E-state index contributed by atoms with van der Waals surface area (Å²) in [6, 6.07) is -0.633. The molecular weight excluding hydrogens is 899 g/mol. The highest BCUT2D eigenvalue weighted by Crippen LogP contribution is 2.17. The highest BCUT2D eigenvalue weighted by molar-refractivity contribution is 5.76. The summed E-state index contributed by atoms with van der Waals surface area (Å²) in [6.07, 6.45) is 80.2. The predicted octanol–water partition coefficient (Wildman–Crippen LogP) is 20.5. The number of amides is 1. The first kappa shape index (κ1) is 70.8. The first-order chi connectivity index (χ1) is 36.0. The Labute approximate surface area is 455 Å². The Bertz CT molecular complexity index is 1230. The second-order valence-electron chi connectivity index (χ2n) is 22.1. The molecule has 0 saturated carbocycles. The summed E-state index contributed by atoms with van der Waals surface area (Å²) < 4.78 is 5.50. The van der Waals surface area contributed by atoms with Crippen LogP contribution >= 0.6 is 0 Å². The molecule has 0 heterocycles. The number of aliphatic hydroxyl groups is 2. The number of ether oxygens (including phenoxy) is 1. The Kier molecular flexibility index (Phi) is 60.5. The van der Waals surface area contributed by atoms with Crippen molar-refractivity contribution in [2.24, 2.45) is 0 Å². The second kappa shape index (κ2) is 62.4. The number of hydrogen-bond donors (Lipinski definition) is 3. The number of nitrogens with one attached hydrogen (secondary N) is 1. The number of hydrogen-bond acceptors (Lipinski definition) is 5. The van der Waals surface area contributed by atoms with Gasteiger partial charge in [-0.25, -0.2) is 0 Å². The van der Waals surface area contributed by atoms with E-state index in [2.05, 4.69) is 55.6 Å². The quantitative estimate of drug-likeness (QED) is 0.0320. The molecule has 2 atom stereocenters. The molecule has 0 aliphatic carbocycles. The molecule has 2 unspecified atom stereocenters. The first-order valence-corrected chi connectivity index (χ1v) is 32.4. The Morgan fingerprint density at radius 2 is 0.685 bits per heavy atom. The molecule has 73 heavy (non-hydrogen) atoms. The molecule has 0 saturated heterocycles. The van der Waals surface area contributed by atoms with Crippen molar-refractivity contribution < 1.29 is 24.5 Å². The molecule has 0 bridgehead atoms. The highest BCUT2D eigenvalue weighted by atomic mass is 16.5. The molecule has 0 aromatic carbocycles. The van der Waals surface area contributed by atoms with E-state index in [9.17, 15) is 19.8 Å². The van der Waals surface area contributed by atoms with E-state index < -0.39 is 12.1 Å². The van der Waals surface area contributed by atoms with Crippen molar-refractivity contribution >= 4 is 11.9 Å². The summed E-state index contributed by atoms with van der Waals surface area (Å²) in [5, 5.41) is 23.1. The van der Waals surface area contributed by atoms with Gasteiger partial charge in [-0.05, 0) is 89.9 Å². The van der Waals surface area contributed by atoms with Crippen molar-refractivity contribution in [3.05, 3.63) is 48.6 Å². The van der Waals surface area contributed by atoms with Crippen LogP contribution in [0.5, 0.6) is 0 Å². The largest absolute Gasteiger partial charge is 0.466 e. The molecule has 0 aliphatic rings. The molecule has 0 aromatic heterocycles. The van der Waals surface area contributed by atoms with Gasteiger partial charge in [0.15, 0.2) is 0 Å². The van der Waals surface area contributed by atoms with Gasteiger partial charge in [0.25, 0.3) is 0 Å². The van der Waals surface area contributed by atoms with Crippen molar-refractivity contribution in [3.63, 3.8) is 0 Å². The molecule has 1 amide bonds. The van der Waals surface area contributed by atoms with Crippen LogP contribution in [-0.2, 0) is 14.3 Å². The minimum Gasteiger partial charge on any atom is -0.466 e.